The van der Waals surface area contributed by atoms with E-state index in [-0.39, 0.29) is 22.0 Å². The van der Waals surface area contributed by atoms with Crippen LogP contribution in [-0.2, 0) is 10.0 Å². The molecule has 0 aliphatic rings. The van der Waals surface area contributed by atoms with Crippen molar-refractivity contribution in [1.82, 2.24) is 9.97 Å². The molecule has 15 heteroatoms. The van der Waals surface area contributed by atoms with Crippen molar-refractivity contribution in [2.75, 3.05) is 10.0 Å². The number of nitro benzene ring substituents is 2. The molecule has 3 rings (SSSR count). The van der Waals surface area contributed by atoms with Crippen LogP contribution in [0.3, 0.4) is 0 Å². The largest absolute Gasteiger partial charge is 0.322 e. The van der Waals surface area contributed by atoms with E-state index in [4.69, 9.17) is 11.6 Å². The summed E-state index contributed by atoms with van der Waals surface area (Å²) < 4.78 is 27.6. The van der Waals surface area contributed by atoms with Crippen LogP contribution >= 0.6 is 11.6 Å². The van der Waals surface area contributed by atoms with Crippen molar-refractivity contribution in [3.8, 4) is 0 Å². The van der Waals surface area contributed by atoms with E-state index in [9.17, 15) is 33.4 Å². The molecule has 0 fully saturated rings. The number of carbonyl (C=O) groups excluding carboxylic acids is 1. The van der Waals surface area contributed by atoms with Crippen molar-refractivity contribution in [2.24, 2.45) is 0 Å². The Morgan fingerprint density at radius 1 is 0.971 bits per heavy atom. The van der Waals surface area contributed by atoms with E-state index in [0.717, 1.165) is 12.1 Å². The average molecular weight is 507 g/mol. The monoisotopic (exact) mass is 506 g/mol. The Bertz CT molecular complexity index is 1370. The Kier molecular flexibility index (Phi) is 6.74. The van der Waals surface area contributed by atoms with E-state index in [2.05, 4.69) is 20.0 Å². The van der Waals surface area contributed by atoms with Gasteiger partial charge in [0.25, 0.3) is 27.3 Å². The van der Waals surface area contributed by atoms with E-state index < -0.39 is 42.2 Å². The fraction of sp³-hybridized carbons (Fsp3) is 0.105. The average Bonchev–Trinajstić information content (AvgIpc) is 2.72. The van der Waals surface area contributed by atoms with Gasteiger partial charge < -0.3 is 5.32 Å². The lowest BCUT2D eigenvalue weighted by molar-refractivity contribution is -0.393. The van der Waals surface area contributed by atoms with E-state index in [1.54, 1.807) is 13.8 Å². The van der Waals surface area contributed by atoms with Crippen LogP contribution in [0.1, 0.15) is 21.9 Å². The lowest BCUT2D eigenvalue weighted by Gasteiger charge is -2.10. The smallest absolute Gasteiger partial charge is 0.295 e. The maximum atomic E-state index is 12.6. The molecule has 1 heterocycles. The molecule has 0 unspecified atom stereocenters. The highest BCUT2D eigenvalue weighted by Crippen LogP contribution is 2.35. The molecule has 2 aromatic carbocycles. The summed E-state index contributed by atoms with van der Waals surface area (Å²) >= 11 is 5.69. The number of hydrogen-bond acceptors (Lipinski definition) is 9. The van der Waals surface area contributed by atoms with Crippen molar-refractivity contribution in [2.45, 2.75) is 18.7 Å². The Balaban J connectivity index is 1.82. The third kappa shape index (κ3) is 5.41. The van der Waals surface area contributed by atoms with Crippen LogP contribution in [-0.4, -0.2) is 34.1 Å². The molecule has 1 amide bonds. The molecule has 0 aliphatic heterocycles. The van der Waals surface area contributed by atoms with Crippen LogP contribution in [0.25, 0.3) is 0 Å². The molecule has 13 nitrogen and oxygen atoms in total. The quantitative estimate of drug-likeness (QED) is 0.356. The lowest BCUT2D eigenvalue weighted by atomic mass is 10.1. The first-order chi connectivity index (χ1) is 15.9. The Morgan fingerprint density at radius 2 is 1.53 bits per heavy atom. The van der Waals surface area contributed by atoms with Crippen molar-refractivity contribution in [1.29, 1.82) is 0 Å². The normalized spacial score (nSPS) is 11.0. The van der Waals surface area contributed by atoms with E-state index >= 15 is 0 Å². The minimum Gasteiger partial charge on any atom is -0.322 e. The topological polar surface area (TPSA) is 187 Å². The number of hydrogen-bond donors (Lipinski definition) is 2. The summed E-state index contributed by atoms with van der Waals surface area (Å²) in [6, 6.07) is 8.06. The zero-order valence-corrected chi connectivity index (χ0v) is 19.0. The molecule has 0 atom stereocenters. The number of nitro groups is 2. The van der Waals surface area contributed by atoms with Gasteiger partial charge in [0.05, 0.1) is 20.3 Å². The maximum absolute atomic E-state index is 12.6. The highest BCUT2D eigenvalue weighted by molar-refractivity contribution is 7.92. The molecule has 3 aromatic rings. The van der Waals surface area contributed by atoms with Gasteiger partial charge in [-0.25, -0.2) is 18.4 Å². The van der Waals surface area contributed by atoms with Crippen LogP contribution in [0.2, 0.25) is 5.02 Å². The molecule has 0 aliphatic carbocycles. The van der Waals surface area contributed by atoms with Crippen LogP contribution in [0.5, 0.6) is 0 Å². The summed E-state index contributed by atoms with van der Waals surface area (Å²) in [7, 11) is -4.00. The molecular weight excluding hydrogens is 492 g/mol. The second kappa shape index (κ2) is 9.36. The number of sulfonamides is 1. The molecule has 176 valence electrons. The maximum Gasteiger partial charge on any atom is 0.295 e. The summed E-state index contributed by atoms with van der Waals surface area (Å²) in [6.07, 6.45) is 0. The van der Waals surface area contributed by atoms with Gasteiger partial charge in [-0.05, 0) is 38.1 Å². The van der Waals surface area contributed by atoms with Crippen LogP contribution < -0.4 is 10.0 Å². The van der Waals surface area contributed by atoms with Crippen LogP contribution in [0.4, 0.5) is 22.9 Å². The molecule has 0 radical (unpaired) electrons. The molecule has 0 bridgehead atoms. The number of benzene rings is 2. The molecule has 34 heavy (non-hydrogen) atoms. The highest BCUT2D eigenvalue weighted by atomic mass is 35.5. The predicted molar refractivity (Wildman–Crippen MR) is 121 cm³/mol. The van der Waals surface area contributed by atoms with Gasteiger partial charge in [0.1, 0.15) is 11.6 Å². The SMILES string of the molecule is Cc1cc(NS(=O)(=O)c2ccc(NC(=O)c3cc([N+](=O)[O-])c(Cl)c([N+](=O)[O-])c3)cc2)nc(C)n1. The third-order valence-corrected chi connectivity index (χ3v) is 6.08. The molecule has 1 aromatic heterocycles. The summed E-state index contributed by atoms with van der Waals surface area (Å²) in [5.41, 5.74) is -1.27. The first kappa shape index (κ1) is 24.5. The molecular formula is C19H15ClN6O7S. The van der Waals surface area contributed by atoms with Gasteiger partial charge in [0.2, 0.25) is 0 Å². The van der Waals surface area contributed by atoms with Crippen molar-refractivity contribution >= 4 is 50.4 Å². The second-order valence-corrected chi connectivity index (χ2v) is 8.93. The van der Waals surface area contributed by atoms with Crippen LogP contribution in [0.15, 0.2) is 47.4 Å². The number of anilines is 2. The number of rotatable bonds is 7. The number of halogens is 1. The summed E-state index contributed by atoms with van der Waals surface area (Å²) in [6.45, 7) is 3.31. The summed E-state index contributed by atoms with van der Waals surface area (Å²) in [4.78, 5) is 40.8. The van der Waals surface area contributed by atoms with Gasteiger partial charge in [0.15, 0.2) is 5.02 Å². The number of nitrogens with one attached hydrogen (secondary N) is 2. The summed E-state index contributed by atoms with van der Waals surface area (Å²) in [5.74, 6) is -0.421. The molecule has 0 saturated heterocycles. The van der Waals surface area contributed by atoms with Gasteiger partial charge >= 0.3 is 0 Å². The minimum absolute atomic E-state index is 0.0910. The number of aromatic nitrogens is 2. The van der Waals surface area contributed by atoms with Crippen LogP contribution in [0, 0.1) is 34.1 Å². The Hall–Kier alpha value is -4.17. The number of aryl methyl sites for hydroxylation is 2. The van der Waals surface area contributed by atoms with Gasteiger partial charge in [-0.2, -0.15) is 0 Å². The Labute approximate surface area is 197 Å². The molecule has 0 saturated carbocycles. The minimum atomic E-state index is -4.00. The van der Waals surface area contributed by atoms with Crippen molar-refractivity contribution < 1.29 is 23.1 Å². The molecule has 0 spiro atoms. The standard InChI is InChI=1S/C19H15ClN6O7S/c1-10-7-17(22-11(2)21-10)24-34(32,33)14-5-3-13(4-6-14)23-19(27)12-8-15(25(28)29)18(20)16(9-12)26(30)31/h3-9H,1-2H3,(H,23,27)(H,21,22,24). The van der Waals surface area contributed by atoms with Gasteiger partial charge in [-0.1, -0.05) is 11.6 Å². The van der Waals surface area contributed by atoms with Gasteiger partial charge in [-0.3, -0.25) is 29.7 Å². The summed E-state index contributed by atoms with van der Waals surface area (Å²) in [5, 5.41) is 23.9. The van der Waals surface area contributed by atoms with Crippen molar-refractivity contribution in [3.63, 3.8) is 0 Å². The Morgan fingerprint density at radius 3 is 2.03 bits per heavy atom. The first-order valence-corrected chi connectivity index (χ1v) is 11.1. The fourth-order valence-corrected chi connectivity index (χ4v) is 4.12. The van der Waals surface area contributed by atoms with E-state index in [1.165, 1.54) is 30.3 Å². The third-order valence-electron chi connectivity index (χ3n) is 4.32. The van der Waals surface area contributed by atoms with E-state index in [0.29, 0.717) is 11.5 Å². The number of carbonyl (C=O) groups is 1. The number of amides is 1. The predicted octanol–water partition coefficient (Wildman–Crippen LogP) is 3.62. The fourth-order valence-electron chi connectivity index (χ4n) is 2.88. The van der Waals surface area contributed by atoms with Gasteiger partial charge in [-0.15, -0.1) is 0 Å². The highest BCUT2D eigenvalue weighted by Gasteiger charge is 2.27. The second-order valence-electron chi connectivity index (χ2n) is 6.87. The zero-order valence-electron chi connectivity index (χ0n) is 17.5. The first-order valence-electron chi connectivity index (χ1n) is 9.26. The van der Waals surface area contributed by atoms with Gasteiger partial charge in [0, 0.05) is 29.6 Å². The number of nitrogens with zero attached hydrogens (tertiary/aromatic N) is 4. The lowest BCUT2D eigenvalue weighted by Crippen LogP contribution is -2.15. The molecule has 2 N–H and O–H groups in total. The van der Waals surface area contributed by atoms with E-state index in [1.807, 2.05) is 0 Å². The zero-order chi connectivity index (χ0) is 25.2. The van der Waals surface area contributed by atoms with Crippen molar-refractivity contribution in [3.05, 3.63) is 84.8 Å².